The van der Waals surface area contributed by atoms with Gasteiger partial charge in [0.05, 0.1) is 17.6 Å². The molecule has 35 heavy (non-hydrogen) atoms. The van der Waals surface area contributed by atoms with Gasteiger partial charge in [0.15, 0.2) is 5.82 Å². The van der Waals surface area contributed by atoms with Crippen LogP contribution >= 0.6 is 0 Å². The molecule has 3 aromatic heterocycles. The van der Waals surface area contributed by atoms with Crippen LogP contribution in [0.4, 0.5) is 10.2 Å². The Kier molecular flexibility index (Phi) is 4.59. The third kappa shape index (κ3) is 3.46. The number of benzene rings is 1. The van der Waals surface area contributed by atoms with E-state index in [4.69, 9.17) is 9.97 Å². The van der Waals surface area contributed by atoms with Gasteiger partial charge in [-0.05, 0) is 80.0 Å². The first-order valence-electron chi connectivity index (χ1n) is 12.5. The highest BCUT2D eigenvalue weighted by molar-refractivity contribution is 5.96. The van der Waals surface area contributed by atoms with Crippen molar-refractivity contribution in [3.05, 3.63) is 48.0 Å². The van der Waals surface area contributed by atoms with Crippen LogP contribution in [0, 0.1) is 23.6 Å². The first-order valence-corrected chi connectivity index (χ1v) is 12.5. The zero-order valence-electron chi connectivity index (χ0n) is 19.2. The van der Waals surface area contributed by atoms with E-state index in [1.165, 1.54) is 30.7 Å². The summed E-state index contributed by atoms with van der Waals surface area (Å²) in [6.07, 6.45) is 9.36. The molecule has 4 saturated carbocycles. The fourth-order valence-electron chi connectivity index (χ4n) is 6.38. The molecule has 4 aromatic rings. The molecule has 3 N–H and O–H groups in total. The van der Waals surface area contributed by atoms with Crippen LogP contribution in [-0.2, 0) is 4.79 Å². The molecule has 8 heteroatoms. The molecule has 2 bridgehead atoms. The maximum Gasteiger partial charge on any atom is 0.308 e. The minimum atomic E-state index is -0.729. The van der Waals surface area contributed by atoms with E-state index < -0.39 is 17.7 Å². The van der Waals surface area contributed by atoms with Gasteiger partial charge < -0.3 is 15.4 Å². The third-order valence-electron chi connectivity index (χ3n) is 8.31. The van der Waals surface area contributed by atoms with Crippen LogP contribution < -0.4 is 5.32 Å². The normalized spacial score (nSPS) is 25.9. The molecule has 0 aliphatic heterocycles. The number of anilines is 1. The summed E-state index contributed by atoms with van der Waals surface area (Å²) in [6, 6.07) is 7.57. The summed E-state index contributed by atoms with van der Waals surface area (Å²) in [5.74, 6) is 0.642. The van der Waals surface area contributed by atoms with E-state index in [9.17, 15) is 14.3 Å². The summed E-state index contributed by atoms with van der Waals surface area (Å²) in [5, 5.41) is 15.2. The van der Waals surface area contributed by atoms with Crippen molar-refractivity contribution in [3.8, 4) is 11.4 Å². The largest absolute Gasteiger partial charge is 0.481 e. The lowest BCUT2D eigenvalue weighted by atomic mass is 9.61. The summed E-state index contributed by atoms with van der Waals surface area (Å²) < 4.78 is 14.0. The molecule has 4 fully saturated rings. The van der Waals surface area contributed by atoms with Crippen molar-refractivity contribution in [1.82, 2.24) is 19.9 Å². The van der Waals surface area contributed by atoms with Gasteiger partial charge in [-0.1, -0.05) is 6.07 Å². The second kappa shape index (κ2) is 7.73. The number of hydrogen-bond donors (Lipinski definition) is 3. The van der Waals surface area contributed by atoms with E-state index in [0.717, 1.165) is 36.6 Å². The number of aromatic amines is 1. The predicted molar refractivity (Wildman–Crippen MR) is 131 cm³/mol. The number of fused-ring (bicyclic) bond motifs is 5. The monoisotopic (exact) mass is 471 g/mol. The van der Waals surface area contributed by atoms with Gasteiger partial charge in [-0.25, -0.2) is 19.3 Å². The zero-order valence-corrected chi connectivity index (χ0v) is 19.2. The molecule has 178 valence electrons. The molecule has 0 spiro atoms. The standard InChI is InChI=1S/C27H26FN5O2/c28-17-10-18-20(12-30-24(18)29-11-17)26-31-21-8-7-16(13-1-2-13)9-19(21)25(33-26)32-23-15-5-3-14(4-6-15)22(23)27(34)35/h7-15,22-23H,1-6H2,(H,29,30)(H,34,35)(H,31,32,33). The van der Waals surface area contributed by atoms with Crippen molar-refractivity contribution in [2.75, 3.05) is 5.32 Å². The number of nitrogens with one attached hydrogen (secondary N) is 2. The molecule has 0 radical (unpaired) electrons. The van der Waals surface area contributed by atoms with Crippen LogP contribution in [0.25, 0.3) is 33.3 Å². The minimum Gasteiger partial charge on any atom is -0.481 e. The first kappa shape index (κ1) is 20.8. The molecule has 8 rings (SSSR count). The lowest BCUT2D eigenvalue weighted by Gasteiger charge is -2.47. The average Bonchev–Trinajstić information content (AvgIpc) is 3.64. The summed E-state index contributed by atoms with van der Waals surface area (Å²) in [7, 11) is 0. The molecule has 2 atom stereocenters. The van der Waals surface area contributed by atoms with Gasteiger partial charge in [-0.2, -0.15) is 0 Å². The van der Waals surface area contributed by atoms with Gasteiger partial charge in [-0.3, -0.25) is 4.79 Å². The van der Waals surface area contributed by atoms with Crippen LogP contribution in [0.2, 0.25) is 0 Å². The van der Waals surface area contributed by atoms with Crippen molar-refractivity contribution in [2.45, 2.75) is 50.5 Å². The van der Waals surface area contributed by atoms with Crippen molar-refractivity contribution in [1.29, 1.82) is 0 Å². The van der Waals surface area contributed by atoms with E-state index in [-0.39, 0.29) is 12.0 Å². The van der Waals surface area contributed by atoms with Crippen molar-refractivity contribution >= 4 is 33.7 Å². The number of nitrogens with zero attached hydrogens (tertiary/aromatic N) is 3. The van der Waals surface area contributed by atoms with E-state index in [1.807, 2.05) is 6.07 Å². The van der Waals surface area contributed by atoms with E-state index in [1.54, 1.807) is 6.20 Å². The highest BCUT2D eigenvalue weighted by Crippen LogP contribution is 2.47. The molecule has 0 amide bonds. The predicted octanol–water partition coefficient (Wildman–Crippen LogP) is 5.49. The molecular weight excluding hydrogens is 445 g/mol. The summed E-state index contributed by atoms with van der Waals surface area (Å²) in [4.78, 5) is 29.3. The second-order valence-electron chi connectivity index (χ2n) is 10.4. The quantitative estimate of drug-likeness (QED) is 0.356. The van der Waals surface area contributed by atoms with Crippen LogP contribution in [-0.4, -0.2) is 37.1 Å². The van der Waals surface area contributed by atoms with Gasteiger partial charge in [0.25, 0.3) is 0 Å². The molecule has 2 unspecified atom stereocenters. The number of aromatic nitrogens is 4. The topological polar surface area (TPSA) is 104 Å². The molecular formula is C27H26FN5O2. The van der Waals surface area contributed by atoms with Crippen molar-refractivity contribution in [2.24, 2.45) is 17.8 Å². The molecule has 3 heterocycles. The second-order valence-corrected chi connectivity index (χ2v) is 10.4. The summed E-state index contributed by atoms with van der Waals surface area (Å²) in [5.41, 5.74) is 3.30. The number of carboxylic acid groups (broad SMARTS) is 1. The maximum atomic E-state index is 14.0. The van der Waals surface area contributed by atoms with Gasteiger partial charge in [0, 0.05) is 28.6 Å². The van der Waals surface area contributed by atoms with Gasteiger partial charge in [0.1, 0.15) is 17.3 Å². The summed E-state index contributed by atoms with van der Waals surface area (Å²) >= 11 is 0. The number of aliphatic carboxylic acids is 1. The highest BCUT2D eigenvalue weighted by Gasteiger charge is 2.47. The van der Waals surface area contributed by atoms with Gasteiger partial charge in [-0.15, -0.1) is 0 Å². The third-order valence-corrected chi connectivity index (χ3v) is 8.31. The number of H-pyrrole nitrogens is 1. The smallest absolute Gasteiger partial charge is 0.308 e. The molecule has 7 nitrogen and oxygen atoms in total. The number of halogens is 1. The zero-order chi connectivity index (χ0) is 23.7. The Balaban J connectivity index is 1.38. The van der Waals surface area contributed by atoms with Crippen LogP contribution in [0.1, 0.15) is 50.0 Å². The Labute approximate surface area is 201 Å². The van der Waals surface area contributed by atoms with Gasteiger partial charge >= 0.3 is 5.97 Å². The Morgan fingerprint density at radius 1 is 1.03 bits per heavy atom. The van der Waals surface area contributed by atoms with Crippen LogP contribution in [0.15, 0.2) is 36.7 Å². The Morgan fingerprint density at radius 2 is 1.83 bits per heavy atom. The number of carboxylic acids is 1. The number of hydrogen-bond acceptors (Lipinski definition) is 5. The molecule has 1 aromatic carbocycles. The van der Waals surface area contributed by atoms with Crippen molar-refractivity contribution < 1.29 is 14.3 Å². The Morgan fingerprint density at radius 3 is 2.60 bits per heavy atom. The minimum absolute atomic E-state index is 0.169. The van der Waals surface area contributed by atoms with E-state index >= 15 is 0 Å². The lowest BCUT2D eigenvalue weighted by molar-refractivity contribution is -0.148. The SMILES string of the molecule is O=C(O)C1C2CCC(CC2)C1Nc1nc(-c2c[nH]c3ncc(F)cc23)nc2ccc(C3CC3)cc12. The number of pyridine rings is 1. The summed E-state index contributed by atoms with van der Waals surface area (Å²) in [6.45, 7) is 0. The first-order chi connectivity index (χ1) is 17.0. The maximum absolute atomic E-state index is 14.0. The lowest BCUT2D eigenvalue weighted by Crippen LogP contribution is -2.51. The highest BCUT2D eigenvalue weighted by atomic mass is 19.1. The number of carbonyl (C=O) groups is 1. The fraction of sp³-hybridized carbons (Fsp3) is 0.407. The van der Waals surface area contributed by atoms with Gasteiger partial charge in [0.2, 0.25) is 0 Å². The van der Waals surface area contributed by atoms with Crippen molar-refractivity contribution in [3.63, 3.8) is 0 Å². The fourth-order valence-corrected chi connectivity index (χ4v) is 6.38. The average molecular weight is 472 g/mol. The van der Waals surface area contributed by atoms with E-state index in [2.05, 4.69) is 27.4 Å². The van der Waals surface area contributed by atoms with E-state index in [0.29, 0.717) is 40.1 Å². The molecule has 4 aliphatic carbocycles. The van der Waals surface area contributed by atoms with Crippen LogP contribution in [0.5, 0.6) is 0 Å². The Bertz CT molecular complexity index is 1470. The molecule has 0 saturated heterocycles. The number of rotatable bonds is 5. The molecule has 4 aliphatic rings. The Hall–Kier alpha value is -3.55. The van der Waals surface area contributed by atoms with Crippen LogP contribution in [0.3, 0.4) is 0 Å².